The fourth-order valence-electron chi connectivity index (χ4n) is 2.26. The van der Waals surface area contributed by atoms with Gasteiger partial charge in [0.1, 0.15) is 0 Å². The number of hydrogen-bond acceptors (Lipinski definition) is 4. The molecule has 1 heterocycles. The Morgan fingerprint density at radius 3 is 2.90 bits per heavy atom. The van der Waals surface area contributed by atoms with Crippen molar-refractivity contribution in [3.05, 3.63) is 24.3 Å². The number of hydrogen-bond donors (Lipinski definition) is 2. The first-order valence-corrected chi connectivity index (χ1v) is 8.06. The van der Waals surface area contributed by atoms with E-state index in [0.29, 0.717) is 11.8 Å². The minimum absolute atomic E-state index is 0.196. The highest BCUT2D eigenvalue weighted by molar-refractivity contribution is 8.00. The number of carbonyl (C=O) groups excluding carboxylic acids is 2. The smallest absolute Gasteiger partial charge is 0.321 e. The van der Waals surface area contributed by atoms with Crippen molar-refractivity contribution in [2.45, 2.75) is 30.4 Å². The van der Waals surface area contributed by atoms with Gasteiger partial charge in [-0.15, -0.1) is 11.8 Å². The monoisotopic (exact) mass is 307 g/mol. The molecule has 1 unspecified atom stereocenters. The Hall–Kier alpha value is -1.69. The number of benzene rings is 1. The quantitative estimate of drug-likeness (QED) is 0.899. The number of anilines is 1. The molecule has 3 amide bonds. The third-order valence-electron chi connectivity index (χ3n) is 3.26. The number of imide groups is 1. The molecule has 1 aliphatic heterocycles. The molecule has 5 nitrogen and oxygen atoms in total. The SMILES string of the molecule is CCNC(=O)NC(=O)CN1CCC(C)Sc2ccccc21. The molecule has 1 aliphatic rings. The average molecular weight is 307 g/mol. The van der Waals surface area contributed by atoms with Crippen LogP contribution in [0.1, 0.15) is 20.3 Å². The van der Waals surface area contributed by atoms with Crippen molar-refractivity contribution in [3.8, 4) is 0 Å². The fraction of sp³-hybridized carbons (Fsp3) is 0.467. The van der Waals surface area contributed by atoms with Crippen molar-refractivity contribution >= 4 is 29.4 Å². The van der Waals surface area contributed by atoms with E-state index in [1.165, 1.54) is 4.90 Å². The summed E-state index contributed by atoms with van der Waals surface area (Å²) in [6.45, 7) is 5.52. The molecule has 6 heteroatoms. The van der Waals surface area contributed by atoms with Crippen LogP contribution in [0.15, 0.2) is 29.2 Å². The molecule has 0 aromatic heterocycles. The summed E-state index contributed by atoms with van der Waals surface area (Å²) >= 11 is 1.83. The molecule has 0 aliphatic carbocycles. The molecule has 114 valence electrons. The first-order valence-electron chi connectivity index (χ1n) is 7.18. The van der Waals surface area contributed by atoms with Crippen molar-refractivity contribution in [1.82, 2.24) is 10.6 Å². The summed E-state index contributed by atoms with van der Waals surface area (Å²) < 4.78 is 0. The van der Waals surface area contributed by atoms with Gasteiger partial charge in [-0.1, -0.05) is 19.1 Å². The van der Waals surface area contributed by atoms with Crippen LogP contribution in [0.2, 0.25) is 0 Å². The van der Waals surface area contributed by atoms with E-state index in [0.717, 1.165) is 18.7 Å². The van der Waals surface area contributed by atoms with Crippen molar-refractivity contribution < 1.29 is 9.59 Å². The standard InChI is InChI=1S/C15H21N3O2S/c1-3-16-15(20)17-14(19)10-18-9-8-11(2)21-13-7-5-4-6-12(13)18/h4-7,11H,3,8-10H2,1-2H3,(H2,16,17,19,20). The Kier molecular flexibility index (Phi) is 5.50. The van der Waals surface area contributed by atoms with Gasteiger partial charge < -0.3 is 10.2 Å². The molecule has 0 saturated carbocycles. The van der Waals surface area contributed by atoms with Crippen LogP contribution < -0.4 is 15.5 Å². The van der Waals surface area contributed by atoms with Crippen LogP contribution in [-0.4, -0.2) is 36.8 Å². The normalized spacial score (nSPS) is 17.6. The summed E-state index contributed by atoms with van der Waals surface area (Å²) in [6, 6.07) is 7.66. The lowest BCUT2D eigenvalue weighted by atomic mass is 10.2. The number of carbonyl (C=O) groups is 2. The van der Waals surface area contributed by atoms with E-state index in [2.05, 4.69) is 23.6 Å². The Labute approximate surface area is 129 Å². The van der Waals surface area contributed by atoms with Gasteiger partial charge in [0.25, 0.3) is 0 Å². The van der Waals surface area contributed by atoms with E-state index < -0.39 is 6.03 Å². The number of para-hydroxylation sites is 1. The molecule has 0 fully saturated rings. The van der Waals surface area contributed by atoms with Crippen molar-refractivity contribution in [2.24, 2.45) is 0 Å². The van der Waals surface area contributed by atoms with Crippen LogP contribution >= 0.6 is 11.8 Å². The zero-order valence-electron chi connectivity index (χ0n) is 12.4. The van der Waals surface area contributed by atoms with Crippen molar-refractivity contribution in [3.63, 3.8) is 0 Å². The third-order valence-corrected chi connectivity index (χ3v) is 4.50. The van der Waals surface area contributed by atoms with Gasteiger partial charge in [0.15, 0.2) is 0 Å². The molecule has 0 radical (unpaired) electrons. The number of thioether (sulfide) groups is 1. The second kappa shape index (κ2) is 7.36. The highest BCUT2D eigenvalue weighted by atomic mass is 32.2. The van der Waals surface area contributed by atoms with Gasteiger partial charge in [0, 0.05) is 23.2 Å². The van der Waals surface area contributed by atoms with Gasteiger partial charge in [0.05, 0.1) is 12.2 Å². The summed E-state index contributed by atoms with van der Waals surface area (Å²) in [5.74, 6) is -0.282. The lowest BCUT2D eigenvalue weighted by Gasteiger charge is -2.23. The van der Waals surface area contributed by atoms with Crippen LogP contribution in [0.5, 0.6) is 0 Å². The largest absolute Gasteiger partial charge is 0.361 e. The van der Waals surface area contributed by atoms with Crippen molar-refractivity contribution in [1.29, 1.82) is 0 Å². The predicted molar refractivity (Wildman–Crippen MR) is 85.8 cm³/mol. The van der Waals surface area contributed by atoms with Crippen LogP contribution in [0.3, 0.4) is 0 Å². The zero-order chi connectivity index (χ0) is 15.2. The topological polar surface area (TPSA) is 61.4 Å². The minimum Gasteiger partial charge on any atom is -0.361 e. The maximum Gasteiger partial charge on any atom is 0.321 e. The maximum absolute atomic E-state index is 12.0. The van der Waals surface area contributed by atoms with Crippen LogP contribution in [0.25, 0.3) is 0 Å². The number of nitrogens with zero attached hydrogens (tertiary/aromatic N) is 1. The first kappa shape index (κ1) is 15.7. The maximum atomic E-state index is 12.0. The number of rotatable bonds is 3. The predicted octanol–water partition coefficient (Wildman–Crippen LogP) is 2.22. The number of fused-ring (bicyclic) bond motifs is 1. The summed E-state index contributed by atoms with van der Waals surface area (Å²) in [5.41, 5.74) is 1.07. The lowest BCUT2D eigenvalue weighted by Crippen LogP contribution is -2.44. The summed E-state index contributed by atoms with van der Waals surface area (Å²) in [6.07, 6.45) is 1.01. The van der Waals surface area contributed by atoms with Gasteiger partial charge in [-0.3, -0.25) is 10.1 Å². The highest BCUT2D eigenvalue weighted by Crippen LogP contribution is 2.36. The zero-order valence-corrected chi connectivity index (χ0v) is 13.2. The highest BCUT2D eigenvalue weighted by Gasteiger charge is 2.21. The molecule has 2 rings (SSSR count). The molecule has 1 aromatic carbocycles. The Balaban J connectivity index is 2.06. The van der Waals surface area contributed by atoms with Gasteiger partial charge in [-0.2, -0.15) is 0 Å². The molecule has 0 spiro atoms. The van der Waals surface area contributed by atoms with E-state index in [4.69, 9.17) is 0 Å². The first-order chi connectivity index (χ1) is 10.1. The molecule has 0 saturated heterocycles. The van der Waals surface area contributed by atoms with E-state index in [1.54, 1.807) is 0 Å². The average Bonchev–Trinajstić information content (AvgIpc) is 2.58. The molecule has 1 aromatic rings. The van der Waals surface area contributed by atoms with Crippen LogP contribution in [-0.2, 0) is 4.79 Å². The second-order valence-electron chi connectivity index (χ2n) is 5.01. The summed E-state index contributed by atoms with van der Waals surface area (Å²) in [5, 5.41) is 5.43. The molecule has 21 heavy (non-hydrogen) atoms. The van der Waals surface area contributed by atoms with Gasteiger partial charge >= 0.3 is 6.03 Å². The van der Waals surface area contributed by atoms with Crippen LogP contribution in [0, 0.1) is 0 Å². The Morgan fingerprint density at radius 1 is 1.38 bits per heavy atom. The number of amides is 3. The fourth-order valence-corrected chi connectivity index (χ4v) is 3.39. The van der Waals surface area contributed by atoms with Crippen molar-refractivity contribution in [2.75, 3.05) is 24.5 Å². The van der Waals surface area contributed by atoms with Crippen LogP contribution in [0.4, 0.5) is 10.5 Å². The lowest BCUT2D eigenvalue weighted by molar-refractivity contribution is -0.118. The van der Waals surface area contributed by atoms with E-state index in [-0.39, 0.29) is 12.5 Å². The van der Waals surface area contributed by atoms with Gasteiger partial charge in [-0.05, 0) is 25.5 Å². The molecular weight excluding hydrogens is 286 g/mol. The Morgan fingerprint density at radius 2 is 2.14 bits per heavy atom. The summed E-state index contributed by atoms with van der Waals surface area (Å²) in [7, 11) is 0. The minimum atomic E-state index is -0.437. The molecule has 2 N–H and O–H groups in total. The van der Waals surface area contributed by atoms with Gasteiger partial charge in [-0.25, -0.2) is 4.79 Å². The number of nitrogens with one attached hydrogen (secondary N) is 2. The second-order valence-corrected chi connectivity index (χ2v) is 6.49. The Bertz CT molecular complexity index is 521. The van der Waals surface area contributed by atoms with E-state index in [9.17, 15) is 9.59 Å². The molecule has 0 bridgehead atoms. The number of urea groups is 1. The van der Waals surface area contributed by atoms with Gasteiger partial charge in [0.2, 0.25) is 5.91 Å². The molecular formula is C15H21N3O2S. The molecule has 1 atom stereocenters. The summed E-state index contributed by atoms with van der Waals surface area (Å²) in [4.78, 5) is 26.6. The van der Waals surface area contributed by atoms with E-state index >= 15 is 0 Å². The third kappa shape index (κ3) is 4.39. The van der Waals surface area contributed by atoms with E-state index in [1.807, 2.05) is 41.8 Å².